The van der Waals surface area contributed by atoms with Crippen molar-refractivity contribution in [3.63, 3.8) is 0 Å². The number of ether oxygens (including phenoxy) is 4. The van der Waals surface area contributed by atoms with Crippen molar-refractivity contribution in [2.75, 3.05) is 26.4 Å². The quantitative estimate of drug-likeness (QED) is 0.147. The maximum Gasteiger partial charge on any atom is 0.179 e. The van der Waals surface area contributed by atoms with Crippen molar-refractivity contribution < 1.29 is 18.9 Å². The Balaban J connectivity index is 1.18. The predicted molar refractivity (Wildman–Crippen MR) is 174 cm³/mol. The average Bonchev–Trinajstić information content (AvgIpc) is 3.70. The Labute approximate surface area is 260 Å². The van der Waals surface area contributed by atoms with Crippen molar-refractivity contribution in [3.05, 3.63) is 71.2 Å². The van der Waals surface area contributed by atoms with E-state index in [-0.39, 0.29) is 0 Å². The van der Waals surface area contributed by atoms with Crippen LogP contribution < -0.4 is 18.9 Å². The molecular formula is C35H34N2O4S2. The topological polar surface area (TPSA) is 62.7 Å². The largest absolute Gasteiger partial charge is 0.485 e. The first-order valence-corrected chi connectivity index (χ1v) is 16.9. The maximum atomic E-state index is 5.92. The van der Waals surface area contributed by atoms with Crippen molar-refractivity contribution in [2.24, 2.45) is 0 Å². The summed E-state index contributed by atoms with van der Waals surface area (Å²) in [6.45, 7) is 4.61. The molecule has 0 unspecified atom stereocenters. The van der Waals surface area contributed by atoms with Gasteiger partial charge in [-0.2, -0.15) is 0 Å². The molecule has 0 radical (unpaired) electrons. The summed E-state index contributed by atoms with van der Waals surface area (Å²) < 4.78 is 23.3. The maximum absolute atomic E-state index is 5.92. The van der Waals surface area contributed by atoms with Crippen LogP contribution in [0, 0.1) is 0 Å². The Bertz CT molecular complexity index is 1580. The second kappa shape index (κ2) is 12.8. The minimum Gasteiger partial charge on any atom is -0.485 e. The molecule has 2 aliphatic rings. The highest BCUT2D eigenvalue weighted by atomic mass is 32.1. The van der Waals surface area contributed by atoms with Crippen LogP contribution in [0.15, 0.2) is 65.4 Å². The molecule has 0 fully saturated rings. The second-order valence-electron chi connectivity index (χ2n) is 10.8. The van der Waals surface area contributed by atoms with Gasteiger partial charge in [-0.1, -0.05) is 81.1 Å². The number of fused-ring (bicyclic) bond motifs is 2. The molecule has 8 heteroatoms. The molecular weight excluding hydrogens is 577 g/mol. The van der Waals surface area contributed by atoms with Gasteiger partial charge in [0.25, 0.3) is 0 Å². The van der Waals surface area contributed by atoms with Crippen molar-refractivity contribution in [2.45, 2.75) is 45.4 Å². The summed E-state index contributed by atoms with van der Waals surface area (Å²) in [5.74, 6) is 4.27. The van der Waals surface area contributed by atoms with Gasteiger partial charge in [-0.15, -0.1) is 22.7 Å². The van der Waals surface area contributed by atoms with Crippen LogP contribution in [0.2, 0.25) is 0 Å². The molecule has 0 saturated heterocycles. The Morgan fingerprint density at radius 3 is 1.56 bits per heavy atom. The molecule has 6 nitrogen and oxygen atoms in total. The molecule has 220 valence electrons. The van der Waals surface area contributed by atoms with Crippen LogP contribution in [-0.2, 0) is 6.42 Å². The van der Waals surface area contributed by atoms with Crippen molar-refractivity contribution in [1.29, 1.82) is 0 Å². The van der Waals surface area contributed by atoms with E-state index >= 15 is 0 Å². The molecule has 2 aliphatic heterocycles. The zero-order chi connectivity index (χ0) is 29.0. The minimum absolute atomic E-state index is 0.582. The molecule has 2 aromatic carbocycles. The van der Waals surface area contributed by atoms with Gasteiger partial charge in [0, 0.05) is 28.3 Å². The monoisotopic (exact) mass is 610 g/mol. The lowest BCUT2D eigenvalue weighted by atomic mass is 10.0. The molecule has 0 aliphatic carbocycles. The number of nitrogens with zero attached hydrogens (tertiary/aromatic N) is 2. The summed E-state index contributed by atoms with van der Waals surface area (Å²) in [6, 6.07) is 19.3. The molecule has 5 heterocycles. The molecule has 5 aromatic rings. The number of benzene rings is 2. The molecule has 0 amide bonds. The Morgan fingerprint density at radius 2 is 1.05 bits per heavy atom. The number of hydrogen-bond acceptors (Lipinski definition) is 8. The van der Waals surface area contributed by atoms with E-state index in [9.17, 15) is 0 Å². The molecule has 0 saturated carbocycles. The Hall–Kier alpha value is -3.88. The van der Waals surface area contributed by atoms with Gasteiger partial charge in [-0.25, -0.2) is 9.97 Å². The van der Waals surface area contributed by atoms with Gasteiger partial charge in [0.15, 0.2) is 23.0 Å². The molecule has 0 N–H and O–H groups in total. The molecule has 7 rings (SSSR count). The fourth-order valence-electron chi connectivity index (χ4n) is 5.50. The van der Waals surface area contributed by atoms with Gasteiger partial charge >= 0.3 is 0 Å². The van der Waals surface area contributed by atoms with Crippen LogP contribution in [-0.4, -0.2) is 36.4 Å². The number of rotatable bonds is 10. The van der Waals surface area contributed by atoms with Crippen LogP contribution in [0.1, 0.15) is 44.9 Å². The van der Waals surface area contributed by atoms with Crippen molar-refractivity contribution in [1.82, 2.24) is 9.97 Å². The lowest BCUT2D eigenvalue weighted by Gasteiger charge is -2.16. The Morgan fingerprint density at radius 1 is 0.581 bits per heavy atom. The van der Waals surface area contributed by atoms with E-state index < -0.39 is 0 Å². The van der Waals surface area contributed by atoms with E-state index in [4.69, 9.17) is 28.9 Å². The summed E-state index contributed by atoms with van der Waals surface area (Å²) in [5.41, 5.74) is 6.26. The molecule has 0 atom stereocenters. The first kappa shape index (κ1) is 27.9. The lowest BCUT2D eigenvalue weighted by Crippen LogP contribution is -2.14. The van der Waals surface area contributed by atoms with Crippen LogP contribution >= 0.6 is 22.7 Å². The second-order valence-corrected chi connectivity index (χ2v) is 12.5. The summed E-state index contributed by atoms with van der Waals surface area (Å²) in [6.07, 6.45) is 6.95. The van der Waals surface area contributed by atoms with Gasteiger partial charge < -0.3 is 18.9 Å². The zero-order valence-electron chi connectivity index (χ0n) is 24.3. The van der Waals surface area contributed by atoms with E-state index in [1.54, 1.807) is 22.7 Å². The molecule has 0 spiro atoms. The number of aromatic nitrogens is 2. The summed E-state index contributed by atoms with van der Waals surface area (Å²) in [5, 5.41) is 4.06. The zero-order valence-corrected chi connectivity index (χ0v) is 25.9. The van der Waals surface area contributed by atoms with Crippen LogP contribution in [0.5, 0.6) is 23.0 Å². The number of thiophene rings is 2. The average molecular weight is 611 g/mol. The van der Waals surface area contributed by atoms with E-state index in [1.165, 1.54) is 25.7 Å². The van der Waals surface area contributed by atoms with Crippen LogP contribution in [0.25, 0.3) is 43.4 Å². The summed E-state index contributed by atoms with van der Waals surface area (Å²) >= 11 is 3.31. The van der Waals surface area contributed by atoms with Crippen LogP contribution in [0.4, 0.5) is 0 Å². The number of unbranched alkanes of at least 4 members (excludes halogenated alkanes) is 4. The smallest absolute Gasteiger partial charge is 0.179 e. The lowest BCUT2D eigenvalue weighted by molar-refractivity contribution is 0.174. The van der Waals surface area contributed by atoms with Crippen LogP contribution in [0.3, 0.4) is 0 Å². The van der Waals surface area contributed by atoms with E-state index in [1.807, 2.05) is 10.8 Å². The van der Waals surface area contributed by atoms with Gasteiger partial charge in [0.2, 0.25) is 0 Å². The Kier molecular flexibility index (Phi) is 8.30. The summed E-state index contributed by atoms with van der Waals surface area (Å²) in [4.78, 5) is 12.3. The highest BCUT2D eigenvalue weighted by Crippen LogP contribution is 2.47. The fourth-order valence-corrected chi connectivity index (χ4v) is 7.38. The minimum atomic E-state index is 0.582. The SMILES string of the molecule is CCCCCCCc1nc(-c2ccc(-c3scc4c3OCCO4)cc2)cc(-c2ccc(-c3scc4c3OCCO4)cc2)n1. The van der Waals surface area contributed by atoms with E-state index in [0.29, 0.717) is 26.4 Å². The van der Waals surface area contributed by atoms with Crippen molar-refractivity contribution >= 4 is 22.7 Å². The third-order valence-corrected chi connectivity index (χ3v) is 9.74. The number of aryl methyl sites for hydroxylation is 1. The normalized spacial score (nSPS) is 13.7. The van der Waals surface area contributed by atoms with Gasteiger partial charge in [0.1, 0.15) is 32.3 Å². The third-order valence-electron chi connectivity index (χ3n) is 7.76. The van der Waals surface area contributed by atoms with Gasteiger partial charge in [0.05, 0.1) is 21.1 Å². The highest BCUT2D eigenvalue weighted by Gasteiger charge is 2.21. The first-order chi connectivity index (χ1) is 21.3. The van der Waals surface area contributed by atoms with E-state index in [2.05, 4.69) is 61.5 Å². The fraction of sp³-hybridized carbons (Fsp3) is 0.314. The number of hydrogen-bond donors (Lipinski definition) is 0. The van der Waals surface area contributed by atoms with Gasteiger partial charge in [-0.3, -0.25) is 0 Å². The molecule has 3 aromatic heterocycles. The third kappa shape index (κ3) is 5.99. The van der Waals surface area contributed by atoms with Crippen molar-refractivity contribution in [3.8, 4) is 66.4 Å². The van der Waals surface area contributed by atoms with Gasteiger partial charge in [-0.05, 0) is 23.6 Å². The molecule has 43 heavy (non-hydrogen) atoms. The molecule has 0 bridgehead atoms. The summed E-state index contributed by atoms with van der Waals surface area (Å²) in [7, 11) is 0. The predicted octanol–water partition coefficient (Wildman–Crippen LogP) is 9.32. The highest BCUT2D eigenvalue weighted by molar-refractivity contribution is 7.14. The standard InChI is InChI=1S/C35H34N2O4S2/c1-2-3-4-5-6-7-31-36-27(23-8-12-25(13-9-23)34-32-29(21-42-34)38-16-18-40-32)20-28(37-31)24-10-14-26(15-11-24)35-33-30(22-43-35)39-17-19-41-33/h8-15,20-22H,2-7,16-19H2,1H3. The van der Waals surface area contributed by atoms with E-state index in [0.717, 1.165) is 85.1 Å². The first-order valence-electron chi connectivity index (χ1n) is 15.1.